The Hall–Kier alpha value is -3.37. The predicted molar refractivity (Wildman–Crippen MR) is 118 cm³/mol. The molecule has 0 heterocycles. The SMILES string of the molecule is O=P(O)(O)Oc1ccc(-c2ccc(O)cc2)cc1.c1ccc(-c2ccccc2)cc1. The van der Waals surface area contributed by atoms with Crippen LogP contribution in [0.3, 0.4) is 0 Å². The molecule has 4 rings (SSSR count). The maximum absolute atomic E-state index is 10.6. The van der Waals surface area contributed by atoms with Crippen molar-refractivity contribution >= 4 is 7.82 Å². The van der Waals surface area contributed by atoms with Crippen LogP contribution in [0, 0.1) is 0 Å². The van der Waals surface area contributed by atoms with Gasteiger partial charge in [0.25, 0.3) is 0 Å². The second-order valence-electron chi connectivity index (χ2n) is 6.39. The highest BCUT2D eigenvalue weighted by Crippen LogP contribution is 2.38. The molecule has 0 aliphatic heterocycles. The summed E-state index contributed by atoms with van der Waals surface area (Å²) in [5.41, 5.74) is 4.29. The van der Waals surface area contributed by atoms with Crippen LogP contribution >= 0.6 is 7.82 Å². The number of aromatic hydroxyl groups is 1. The monoisotopic (exact) mass is 420 g/mol. The smallest absolute Gasteiger partial charge is 0.508 e. The third-order valence-corrected chi connectivity index (χ3v) is 4.61. The fourth-order valence-corrected chi connectivity index (χ4v) is 3.16. The highest BCUT2D eigenvalue weighted by molar-refractivity contribution is 7.46. The van der Waals surface area contributed by atoms with Crippen molar-refractivity contribution in [3.05, 3.63) is 109 Å². The Morgan fingerprint density at radius 2 is 0.900 bits per heavy atom. The van der Waals surface area contributed by atoms with Crippen molar-refractivity contribution in [2.45, 2.75) is 0 Å². The van der Waals surface area contributed by atoms with Crippen LogP contribution in [-0.2, 0) is 4.57 Å². The number of rotatable bonds is 4. The van der Waals surface area contributed by atoms with Crippen molar-refractivity contribution in [2.75, 3.05) is 0 Å². The van der Waals surface area contributed by atoms with Crippen LogP contribution < -0.4 is 4.52 Å². The molecule has 0 radical (unpaired) electrons. The molecule has 0 aromatic heterocycles. The van der Waals surface area contributed by atoms with Crippen molar-refractivity contribution in [1.82, 2.24) is 0 Å². The topological polar surface area (TPSA) is 87.0 Å². The molecule has 6 heteroatoms. The first kappa shape index (κ1) is 21.3. The molecule has 5 nitrogen and oxygen atoms in total. The van der Waals surface area contributed by atoms with Gasteiger partial charge < -0.3 is 9.63 Å². The molecule has 0 saturated carbocycles. The molecule has 30 heavy (non-hydrogen) atoms. The van der Waals surface area contributed by atoms with Crippen LogP contribution in [-0.4, -0.2) is 14.9 Å². The first-order valence-corrected chi connectivity index (χ1v) is 10.7. The van der Waals surface area contributed by atoms with Crippen molar-refractivity contribution in [3.8, 4) is 33.8 Å². The fourth-order valence-electron chi connectivity index (χ4n) is 2.76. The lowest BCUT2D eigenvalue weighted by atomic mass is 10.1. The highest BCUT2D eigenvalue weighted by atomic mass is 31.2. The van der Waals surface area contributed by atoms with Gasteiger partial charge in [0.05, 0.1) is 0 Å². The van der Waals surface area contributed by atoms with E-state index in [9.17, 15) is 4.57 Å². The van der Waals surface area contributed by atoms with Gasteiger partial charge in [-0.1, -0.05) is 84.9 Å². The van der Waals surface area contributed by atoms with E-state index in [1.165, 1.54) is 23.3 Å². The number of hydrogen-bond acceptors (Lipinski definition) is 3. The first-order chi connectivity index (χ1) is 14.4. The van der Waals surface area contributed by atoms with Gasteiger partial charge in [0, 0.05) is 0 Å². The second kappa shape index (κ2) is 9.90. The average molecular weight is 420 g/mol. The maximum Gasteiger partial charge on any atom is 0.524 e. The Bertz CT molecular complexity index is 1050. The number of phenols is 1. The Labute approximate surface area is 175 Å². The minimum atomic E-state index is -4.51. The first-order valence-electron chi connectivity index (χ1n) is 9.16. The van der Waals surface area contributed by atoms with Crippen molar-refractivity contribution in [3.63, 3.8) is 0 Å². The van der Waals surface area contributed by atoms with E-state index in [0.29, 0.717) is 0 Å². The van der Waals surface area contributed by atoms with Gasteiger partial charge in [0.15, 0.2) is 0 Å². The van der Waals surface area contributed by atoms with Crippen molar-refractivity contribution in [2.24, 2.45) is 0 Å². The molecule has 0 aliphatic carbocycles. The lowest BCUT2D eigenvalue weighted by Crippen LogP contribution is -1.89. The number of phosphoric ester groups is 1. The summed E-state index contributed by atoms with van der Waals surface area (Å²) < 4.78 is 15.1. The zero-order valence-corrected chi connectivity index (χ0v) is 16.9. The molecular weight excluding hydrogens is 399 g/mol. The summed E-state index contributed by atoms with van der Waals surface area (Å²) in [5, 5.41) is 9.17. The second-order valence-corrected chi connectivity index (χ2v) is 7.55. The molecule has 0 unspecified atom stereocenters. The van der Waals surface area contributed by atoms with E-state index in [4.69, 9.17) is 14.9 Å². The predicted octanol–water partition coefficient (Wildman–Crippen LogP) is 5.88. The number of phosphoric acid groups is 1. The summed E-state index contributed by atoms with van der Waals surface area (Å²) in [6.07, 6.45) is 0. The Morgan fingerprint density at radius 1 is 0.533 bits per heavy atom. The quantitative estimate of drug-likeness (QED) is 0.359. The summed E-state index contributed by atoms with van der Waals surface area (Å²) >= 11 is 0. The summed E-state index contributed by atoms with van der Waals surface area (Å²) in [4.78, 5) is 17.3. The molecule has 0 aliphatic rings. The zero-order valence-electron chi connectivity index (χ0n) is 16.0. The molecule has 0 bridgehead atoms. The van der Waals surface area contributed by atoms with E-state index in [-0.39, 0.29) is 11.5 Å². The largest absolute Gasteiger partial charge is 0.524 e. The summed E-state index contributed by atoms with van der Waals surface area (Å²) in [7, 11) is -4.51. The Kier molecular flexibility index (Phi) is 7.04. The van der Waals surface area contributed by atoms with E-state index in [1.54, 1.807) is 36.4 Å². The summed E-state index contributed by atoms with van der Waals surface area (Å²) in [5.74, 6) is 0.283. The molecule has 0 atom stereocenters. The normalized spacial score (nSPS) is 10.6. The summed E-state index contributed by atoms with van der Waals surface area (Å²) in [6.45, 7) is 0. The maximum atomic E-state index is 10.6. The van der Waals surface area contributed by atoms with Crippen LogP contribution in [0.4, 0.5) is 0 Å². The van der Waals surface area contributed by atoms with Crippen molar-refractivity contribution in [1.29, 1.82) is 0 Å². The van der Waals surface area contributed by atoms with Crippen LogP contribution in [0.15, 0.2) is 109 Å². The molecule has 4 aromatic carbocycles. The van der Waals surface area contributed by atoms with Crippen LogP contribution in [0.1, 0.15) is 0 Å². The van der Waals surface area contributed by atoms with E-state index in [2.05, 4.69) is 53.1 Å². The van der Waals surface area contributed by atoms with Crippen LogP contribution in [0.2, 0.25) is 0 Å². The lowest BCUT2D eigenvalue weighted by Gasteiger charge is -2.07. The highest BCUT2D eigenvalue weighted by Gasteiger charge is 2.15. The Morgan fingerprint density at radius 3 is 1.30 bits per heavy atom. The van der Waals surface area contributed by atoms with Gasteiger partial charge in [-0.3, -0.25) is 9.79 Å². The number of benzene rings is 4. The van der Waals surface area contributed by atoms with E-state index < -0.39 is 7.82 Å². The minimum absolute atomic E-state index is 0.103. The third-order valence-electron chi connectivity index (χ3n) is 4.16. The van der Waals surface area contributed by atoms with Gasteiger partial charge in [-0.05, 0) is 46.5 Å². The van der Waals surface area contributed by atoms with Crippen LogP contribution in [0.25, 0.3) is 22.3 Å². The Balaban J connectivity index is 0.000000184. The average Bonchev–Trinajstić information content (AvgIpc) is 2.76. The number of phenolic OH excluding ortho intramolecular Hbond substituents is 1. The van der Waals surface area contributed by atoms with E-state index in [1.807, 2.05) is 12.1 Å². The molecule has 0 spiro atoms. The third kappa shape index (κ3) is 6.61. The molecule has 0 fully saturated rings. The lowest BCUT2D eigenvalue weighted by molar-refractivity contribution is 0.283. The fraction of sp³-hybridized carbons (Fsp3) is 0. The molecule has 4 aromatic rings. The molecular formula is C24H21O5P. The van der Waals surface area contributed by atoms with Crippen LogP contribution in [0.5, 0.6) is 11.5 Å². The molecule has 152 valence electrons. The van der Waals surface area contributed by atoms with E-state index >= 15 is 0 Å². The molecule has 0 amide bonds. The number of hydrogen-bond donors (Lipinski definition) is 3. The van der Waals surface area contributed by atoms with Crippen molar-refractivity contribution < 1.29 is 24.0 Å². The van der Waals surface area contributed by atoms with Gasteiger partial charge in [-0.15, -0.1) is 0 Å². The van der Waals surface area contributed by atoms with Gasteiger partial charge in [-0.25, -0.2) is 4.57 Å². The zero-order chi connectivity index (χ0) is 21.4. The van der Waals surface area contributed by atoms with Gasteiger partial charge >= 0.3 is 7.82 Å². The standard InChI is InChI=1S/C12H11O5P.C12H10/c13-11-5-1-9(2-6-11)10-3-7-12(8-4-10)17-18(14,15)16;1-3-7-11(8-4-1)12-9-5-2-6-10-12/h1-8,13H,(H2,14,15,16);1-10H. The van der Waals surface area contributed by atoms with Gasteiger partial charge in [0.2, 0.25) is 0 Å². The van der Waals surface area contributed by atoms with Gasteiger partial charge in [-0.2, -0.15) is 0 Å². The summed E-state index contributed by atoms with van der Waals surface area (Å²) in [6, 6.07) is 33.7. The van der Waals surface area contributed by atoms with Gasteiger partial charge in [0.1, 0.15) is 11.5 Å². The van der Waals surface area contributed by atoms with E-state index in [0.717, 1.165) is 11.1 Å². The minimum Gasteiger partial charge on any atom is -0.508 e. The molecule has 0 saturated heterocycles. The molecule has 3 N–H and O–H groups in total.